The molecule has 128 valence electrons. The van der Waals surface area contributed by atoms with E-state index in [-0.39, 0.29) is 21.2 Å². The van der Waals surface area contributed by atoms with Gasteiger partial charge >= 0.3 is 0 Å². The van der Waals surface area contributed by atoms with Gasteiger partial charge < -0.3 is 10.3 Å². The molecular weight excluding hydrogens is 375 g/mol. The summed E-state index contributed by atoms with van der Waals surface area (Å²) in [7, 11) is 0. The maximum atomic E-state index is 12.6. The SMILES string of the molecule is O=C(Nc1cccc2c1ncc1c(=O)[nH]cnc12)c1c(Cl)cccc1Cl. The van der Waals surface area contributed by atoms with E-state index >= 15 is 0 Å². The van der Waals surface area contributed by atoms with Gasteiger partial charge in [0.25, 0.3) is 11.5 Å². The first kappa shape index (κ1) is 16.5. The lowest BCUT2D eigenvalue weighted by molar-refractivity contribution is 0.102. The molecule has 0 aliphatic carbocycles. The Hall–Kier alpha value is -2.96. The fourth-order valence-corrected chi connectivity index (χ4v) is 3.32. The van der Waals surface area contributed by atoms with Crippen molar-refractivity contribution in [1.82, 2.24) is 15.0 Å². The van der Waals surface area contributed by atoms with Crippen molar-refractivity contribution >= 4 is 56.6 Å². The van der Waals surface area contributed by atoms with Crippen LogP contribution in [0, 0.1) is 0 Å². The number of anilines is 1. The van der Waals surface area contributed by atoms with Crippen molar-refractivity contribution in [1.29, 1.82) is 0 Å². The zero-order valence-corrected chi connectivity index (χ0v) is 14.6. The van der Waals surface area contributed by atoms with Crippen molar-refractivity contribution in [3.8, 4) is 0 Å². The highest BCUT2D eigenvalue weighted by atomic mass is 35.5. The van der Waals surface area contributed by atoms with Gasteiger partial charge in [-0.2, -0.15) is 0 Å². The Bertz CT molecular complexity index is 1220. The maximum absolute atomic E-state index is 12.6. The second kappa shape index (κ2) is 6.40. The Morgan fingerprint density at radius 2 is 1.69 bits per heavy atom. The van der Waals surface area contributed by atoms with Crippen LogP contribution in [0.2, 0.25) is 10.0 Å². The molecule has 0 saturated heterocycles. The Morgan fingerprint density at radius 3 is 2.46 bits per heavy atom. The van der Waals surface area contributed by atoms with E-state index in [1.165, 1.54) is 12.5 Å². The van der Waals surface area contributed by atoms with Crippen LogP contribution < -0.4 is 10.9 Å². The molecule has 0 radical (unpaired) electrons. The molecule has 0 fully saturated rings. The normalized spacial score (nSPS) is 11.0. The summed E-state index contributed by atoms with van der Waals surface area (Å²) >= 11 is 12.2. The predicted molar refractivity (Wildman–Crippen MR) is 102 cm³/mol. The van der Waals surface area contributed by atoms with Crippen LogP contribution in [0.1, 0.15) is 10.4 Å². The molecule has 0 aliphatic heterocycles. The molecule has 8 heteroatoms. The molecule has 2 heterocycles. The zero-order valence-electron chi connectivity index (χ0n) is 13.1. The molecule has 4 rings (SSSR count). The van der Waals surface area contributed by atoms with Gasteiger partial charge in [-0.1, -0.05) is 41.4 Å². The van der Waals surface area contributed by atoms with Crippen LogP contribution in [0.5, 0.6) is 0 Å². The molecule has 2 aromatic heterocycles. The van der Waals surface area contributed by atoms with Crippen molar-refractivity contribution in [2.45, 2.75) is 0 Å². The number of halogens is 2. The minimum Gasteiger partial charge on any atom is -0.320 e. The largest absolute Gasteiger partial charge is 0.320 e. The summed E-state index contributed by atoms with van der Waals surface area (Å²) in [5, 5.41) is 4.30. The first-order valence-electron chi connectivity index (χ1n) is 7.57. The molecule has 0 aliphatic rings. The fraction of sp³-hybridized carbons (Fsp3) is 0. The van der Waals surface area contributed by atoms with Crippen molar-refractivity contribution < 1.29 is 4.79 Å². The van der Waals surface area contributed by atoms with Gasteiger partial charge in [-0.25, -0.2) is 4.98 Å². The van der Waals surface area contributed by atoms with Gasteiger partial charge in [0.1, 0.15) is 0 Å². The number of benzene rings is 2. The quantitative estimate of drug-likeness (QED) is 0.510. The topological polar surface area (TPSA) is 87.7 Å². The number of nitrogens with one attached hydrogen (secondary N) is 2. The average molecular weight is 385 g/mol. The number of rotatable bonds is 2. The Morgan fingerprint density at radius 1 is 0.962 bits per heavy atom. The summed E-state index contributed by atoms with van der Waals surface area (Å²) in [6.07, 6.45) is 2.76. The van der Waals surface area contributed by atoms with Gasteiger partial charge in [-0.3, -0.25) is 14.6 Å². The van der Waals surface area contributed by atoms with Crippen LogP contribution in [0.4, 0.5) is 5.69 Å². The molecule has 0 saturated carbocycles. The van der Waals surface area contributed by atoms with Crippen molar-refractivity contribution in [3.05, 3.63) is 74.9 Å². The highest BCUT2D eigenvalue weighted by Gasteiger charge is 2.17. The van der Waals surface area contributed by atoms with Gasteiger partial charge in [-0.05, 0) is 18.2 Å². The van der Waals surface area contributed by atoms with Crippen LogP contribution >= 0.6 is 23.2 Å². The van der Waals surface area contributed by atoms with Crippen molar-refractivity contribution in [2.24, 2.45) is 0 Å². The minimum absolute atomic E-state index is 0.184. The van der Waals surface area contributed by atoms with E-state index in [4.69, 9.17) is 23.2 Å². The smallest absolute Gasteiger partial charge is 0.260 e. The first-order chi connectivity index (χ1) is 12.6. The van der Waals surface area contributed by atoms with E-state index in [2.05, 4.69) is 20.3 Å². The lowest BCUT2D eigenvalue weighted by Crippen LogP contribution is -2.14. The third kappa shape index (κ3) is 2.69. The lowest BCUT2D eigenvalue weighted by Gasteiger charge is -2.11. The Kier molecular flexibility index (Phi) is 4.06. The molecule has 4 aromatic rings. The van der Waals surface area contributed by atoms with Crippen LogP contribution in [-0.2, 0) is 0 Å². The number of aromatic amines is 1. The standard InChI is InChI=1S/C18H10Cl2N4O2/c19-11-4-2-5-12(20)14(11)18(26)24-13-6-1-3-9-15-10(7-21-16(9)13)17(25)23-8-22-15/h1-8H,(H,24,26)(H,22,23,25). The molecule has 0 spiro atoms. The molecule has 2 aromatic carbocycles. The highest BCUT2D eigenvalue weighted by molar-refractivity contribution is 6.40. The second-order valence-electron chi connectivity index (χ2n) is 5.50. The Balaban J connectivity index is 1.85. The summed E-state index contributed by atoms with van der Waals surface area (Å²) < 4.78 is 0. The molecule has 0 unspecified atom stereocenters. The van der Waals surface area contributed by atoms with Gasteiger partial charge in [-0.15, -0.1) is 0 Å². The minimum atomic E-state index is -0.450. The summed E-state index contributed by atoms with van der Waals surface area (Å²) in [6, 6.07) is 10.1. The number of fused-ring (bicyclic) bond motifs is 3. The number of carbonyl (C=O) groups is 1. The maximum Gasteiger partial charge on any atom is 0.260 e. The number of nitrogens with zero attached hydrogens (tertiary/aromatic N) is 2. The summed E-state index contributed by atoms with van der Waals surface area (Å²) in [4.78, 5) is 35.6. The predicted octanol–water partition coefficient (Wildman–Crippen LogP) is 4.03. The highest BCUT2D eigenvalue weighted by Crippen LogP contribution is 2.28. The number of hydrogen-bond acceptors (Lipinski definition) is 4. The summed E-state index contributed by atoms with van der Waals surface area (Å²) in [5.74, 6) is -0.450. The van der Waals surface area contributed by atoms with Gasteiger partial charge in [0.2, 0.25) is 0 Å². The van der Waals surface area contributed by atoms with E-state index in [0.717, 1.165) is 0 Å². The number of aromatic nitrogens is 3. The summed E-state index contributed by atoms with van der Waals surface area (Å²) in [5.41, 5.74) is 1.39. The molecule has 26 heavy (non-hydrogen) atoms. The number of para-hydroxylation sites is 1. The molecule has 2 N–H and O–H groups in total. The van der Waals surface area contributed by atoms with Gasteiger partial charge in [0, 0.05) is 11.6 Å². The fourth-order valence-electron chi connectivity index (χ4n) is 2.75. The van der Waals surface area contributed by atoms with E-state index in [9.17, 15) is 9.59 Å². The molecule has 6 nitrogen and oxygen atoms in total. The van der Waals surface area contributed by atoms with Crippen molar-refractivity contribution in [3.63, 3.8) is 0 Å². The second-order valence-corrected chi connectivity index (χ2v) is 6.32. The van der Waals surface area contributed by atoms with E-state index in [1.807, 2.05) is 0 Å². The van der Waals surface area contributed by atoms with E-state index in [0.29, 0.717) is 27.5 Å². The third-order valence-corrected chi connectivity index (χ3v) is 4.57. The van der Waals surface area contributed by atoms with Gasteiger partial charge in [0.15, 0.2) is 0 Å². The Labute approximate surface area is 156 Å². The number of amides is 1. The van der Waals surface area contributed by atoms with Crippen LogP contribution in [-0.4, -0.2) is 20.9 Å². The first-order valence-corrected chi connectivity index (χ1v) is 8.32. The molecule has 1 amide bonds. The molecule has 0 atom stereocenters. The lowest BCUT2D eigenvalue weighted by atomic mass is 10.1. The van der Waals surface area contributed by atoms with Crippen LogP contribution in [0.15, 0.2) is 53.7 Å². The number of hydrogen-bond donors (Lipinski definition) is 2. The van der Waals surface area contributed by atoms with E-state index < -0.39 is 5.91 Å². The van der Waals surface area contributed by atoms with Crippen LogP contribution in [0.25, 0.3) is 21.8 Å². The summed E-state index contributed by atoms with van der Waals surface area (Å²) in [6.45, 7) is 0. The molecule has 0 bridgehead atoms. The van der Waals surface area contributed by atoms with E-state index in [1.54, 1.807) is 36.4 Å². The van der Waals surface area contributed by atoms with Gasteiger partial charge in [0.05, 0.1) is 44.0 Å². The van der Waals surface area contributed by atoms with Crippen molar-refractivity contribution in [2.75, 3.05) is 5.32 Å². The number of pyridine rings is 1. The molecular formula is C18H10Cl2N4O2. The van der Waals surface area contributed by atoms with Crippen LogP contribution in [0.3, 0.4) is 0 Å². The number of H-pyrrole nitrogens is 1. The third-order valence-electron chi connectivity index (χ3n) is 3.94. The zero-order chi connectivity index (χ0) is 18.3. The average Bonchev–Trinajstić information content (AvgIpc) is 2.62. The number of carbonyl (C=O) groups excluding carboxylic acids is 1. The monoisotopic (exact) mass is 384 g/mol.